The third-order valence-corrected chi connectivity index (χ3v) is 2.84. The van der Waals surface area contributed by atoms with Crippen molar-refractivity contribution in [2.75, 3.05) is 0 Å². The Kier molecular flexibility index (Phi) is 3.96. The van der Waals surface area contributed by atoms with Crippen LogP contribution in [0.1, 0.15) is 20.3 Å². The average molecular weight is 195 g/mol. The molecule has 1 heterocycles. The highest BCUT2D eigenvalue weighted by molar-refractivity contribution is 8.00. The molecular weight excluding hydrogens is 182 g/mol. The van der Waals surface area contributed by atoms with Crippen LogP contribution in [0.4, 0.5) is 0 Å². The summed E-state index contributed by atoms with van der Waals surface area (Å²) in [7, 11) is 0. The second-order valence-corrected chi connectivity index (χ2v) is 4.11. The number of hydrogen-bond acceptors (Lipinski definition) is 3. The van der Waals surface area contributed by atoms with E-state index in [9.17, 15) is 4.79 Å². The summed E-state index contributed by atoms with van der Waals surface area (Å²) in [5.74, 6) is 0.274. The van der Waals surface area contributed by atoms with Crippen LogP contribution >= 0.6 is 11.8 Å². The summed E-state index contributed by atoms with van der Waals surface area (Å²) in [5.41, 5.74) is 0. The van der Waals surface area contributed by atoms with E-state index in [-0.39, 0.29) is 11.0 Å². The van der Waals surface area contributed by atoms with E-state index in [4.69, 9.17) is 0 Å². The predicted octanol–water partition coefficient (Wildman–Crippen LogP) is 2.54. The first kappa shape index (κ1) is 10.3. The summed E-state index contributed by atoms with van der Waals surface area (Å²) in [4.78, 5) is 15.4. The molecule has 0 aromatic carbocycles. The first-order chi connectivity index (χ1) is 6.24. The zero-order chi connectivity index (χ0) is 9.68. The van der Waals surface area contributed by atoms with Crippen molar-refractivity contribution in [3.05, 3.63) is 24.4 Å². The van der Waals surface area contributed by atoms with Crippen molar-refractivity contribution < 1.29 is 4.79 Å². The van der Waals surface area contributed by atoms with Crippen molar-refractivity contribution in [2.24, 2.45) is 0 Å². The summed E-state index contributed by atoms with van der Waals surface area (Å²) >= 11 is 1.52. The van der Waals surface area contributed by atoms with E-state index in [1.807, 2.05) is 32.0 Å². The van der Waals surface area contributed by atoms with Gasteiger partial charge in [-0.15, -0.1) is 0 Å². The van der Waals surface area contributed by atoms with Crippen LogP contribution in [0.2, 0.25) is 0 Å². The van der Waals surface area contributed by atoms with Crippen molar-refractivity contribution in [2.45, 2.75) is 30.5 Å². The molecule has 0 aliphatic heterocycles. The largest absolute Gasteiger partial charge is 0.298 e. The molecule has 0 amide bonds. The fourth-order valence-electron chi connectivity index (χ4n) is 0.951. The Hall–Kier alpha value is -0.830. The maximum absolute atomic E-state index is 11.3. The van der Waals surface area contributed by atoms with E-state index in [0.717, 1.165) is 5.03 Å². The Morgan fingerprint density at radius 2 is 2.38 bits per heavy atom. The molecule has 0 saturated heterocycles. The molecule has 0 fully saturated rings. The molecule has 1 unspecified atom stereocenters. The molecule has 13 heavy (non-hydrogen) atoms. The summed E-state index contributed by atoms with van der Waals surface area (Å²) in [6.45, 7) is 3.81. The van der Waals surface area contributed by atoms with Gasteiger partial charge in [0.1, 0.15) is 5.78 Å². The number of thioether (sulfide) groups is 1. The third kappa shape index (κ3) is 3.19. The number of pyridine rings is 1. The van der Waals surface area contributed by atoms with Gasteiger partial charge >= 0.3 is 0 Å². The van der Waals surface area contributed by atoms with Crippen molar-refractivity contribution >= 4 is 17.5 Å². The van der Waals surface area contributed by atoms with Gasteiger partial charge in [-0.3, -0.25) is 4.79 Å². The van der Waals surface area contributed by atoms with E-state index < -0.39 is 0 Å². The van der Waals surface area contributed by atoms with E-state index in [1.165, 1.54) is 11.8 Å². The topological polar surface area (TPSA) is 30.0 Å². The van der Waals surface area contributed by atoms with Crippen molar-refractivity contribution in [3.8, 4) is 0 Å². The minimum Gasteiger partial charge on any atom is -0.298 e. The van der Waals surface area contributed by atoms with Crippen molar-refractivity contribution in [1.29, 1.82) is 0 Å². The maximum atomic E-state index is 11.3. The lowest BCUT2D eigenvalue weighted by atomic mass is 10.2. The monoisotopic (exact) mass is 195 g/mol. The number of Topliss-reactive ketones (excluding diaryl/α,β-unsaturated/α-hetero) is 1. The molecule has 1 atom stereocenters. The van der Waals surface area contributed by atoms with Gasteiger partial charge in [0.15, 0.2) is 0 Å². The first-order valence-corrected chi connectivity index (χ1v) is 5.22. The van der Waals surface area contributed by atoms with E-state index in [1.54, 1.807) is 6.20 Å². The molecule has 0 saturated carbocycles. The molecule has 1 rings (SSSR count). The van der Waals surface area contributed by atoms with E-state index in [0.29, 0.717) is 6.42 Å². The minimum atomic E-state index is 0.0138. The lowest BCUT2D eigenvalue weighted by Gasteiger charge is -2.06. The van der Waals surface area contributed by atoms with Gasteiger partial charge in [-0.1, -0.05) is 24.8 Å². The summed E-state index contributed by atoms with van der Waals surface area (Å²) < 4.78 is 0. The molecule has 0 spiro atoms. The summed E-state index contributed by atoms with van der Waals surface area (Å²) in [5, 5.41) is 0.928. The predicted molar refractivity (Wildman–Crippen MR) is 54.9 cm³/mol. The zero-order valence-corrected chi connectivity index (χ0v) is 8.67. The Labute approximate surface area is 82.8 Å². The highest BCUT2D eigenvalue weighted by Gasteiger charge is 2.11. The van der Waals surface area contributed by atoms with Crippen molar-refractivity contribution in [3.63, 3.8) is 0 Å². The van der Waals surface area contributed by atoms with Gasteiger partial charge in [-0.25, -0.2) is 4.98 Å². The molecule has 1 aromatic rings. The smallest absolute Gasteiger partial charge is 0.145 e. The van der Waals surface area contributed by atoms with Crippen LogP contribution < -0.4 is 0 Å². The molecule has 0 N–H and O–H groups in total. The average Bonchev–Trinajstić information content (AvgIpc) is 2.18. The summed E-state index contributed by atoms with van der Waals surface area (Å²) in [6, 6.07) is 5.72. The van der Waals surface area contributed by atoms with E-state index in [2.05, 4.69) is 4.98 Å². The number of aromatic nitrogens is 1. The number of hydrogen-bond donors (Lipinski definition) is 0. The van der Waals surface area contributed by atoms with Crippen LogP contribution in [-0.2, 0) is 4.79 Å². The fraction of sp³-hybridized carbons (Fsp3) is 0.400. The van der Waals surface area contributed by atoms with Gasteiger partial charge in [-0.2, -0.15) is 0 Å². The number of carbonyl (C=O) groups excluding carboxylic acids is 1. The normalized spacial score (nSPS) is 12.5. The molecule has 0 aliphatic rings. The molecule has 0 bridgehead atoms. The highest BCUT2D eigenvalue weighted by atomic mass is 32.2. The molecule has 3 heteroatoms. The minimum absolute atomic E-state index is 0.0138. The van der Waals surface area contributed by atoms with Crippen LogP contribution in [0.25, 0.3) is 0 Å². The molecule has 2 nitrogen and oxygen atoms in total. The van der Waals surface area contributed by atoms with Gasteiger partial charge in [0.2, 0.25) is 0 Å². The van der Waals surface area contributed by atoms with Crippen LogP contribution in [-0.4, -0.2) is 16.0 Å². The lowest BCUT2D eigenvalue weighted by molar-refractivity contribution is -0.117. The number of ketones is 1. The fourth-order valence-corrected chi connectivity index (χ4v) is 1.89. The second kappa shape index (κ2) is 5.02. The van der Waals surface area contributed by atoms with Crippen molar-refractivity contribution in [1.82, 2.24) is 4.98 Å². The molecule has 0 aliphatic carbocycles. The second-order valence-electron chi connectivity index (χ2n) is 2.75. The van der Waals surface area contributed by atoms with Gasteiger partial charge in [0.05, 0.1) is 10.3 Å². The third-order valence-electron chi connectivity index (χ3n) is 1.74. The van der Waals surface area contributed by atoms with Crippen LogP contribution in [0.5, 0.6) is 0 Å². The molecule has 0 radical (unpaired) electrons. The number of rotatable bonds is 4. The highest BCUT2D eigenvalue weighted by Crippen LogP contribution is 2.21. The Morgan fingerprint density at radius 1 is 1.62 bits per heavy atom. The van der Waals surface area contributed by atoms with Gasteiger partial charge in [-0.05, 0) is 19.1 Å². The van der Waals surface area contributed by atoms with Crippen LogP contribution in [0.3, 0.4) is 0 Å². The lowest BCUT2D eigenvalue weighted by Crippen LogP contribution is -2.11. The quantitative estimate of drug-likeness (QED) is 0.691. The number of carbonyl (C=O) groups is 1. The number of nitrogens with zero attached hydrogens (tertiary/aromatic N) is 1. The summed E-state index contributed by atoms with van der Waals surface area (Å²) in [6.07, 6.45) is 2.34. The van der Waals surface area contributed by atoms with Gasteiger partial charge in [0.25, 0.3) is 0 Å². The molecule has 70 valence electrons. The van der Waals surface area contributed by atoms with Crippen LogP contribution in [0.15, 0.2) is 29.4 Å². The SMILES string of the molecule is CCC(=O)C(C)Sc1ccccn1. The Morgan fingerprint density at radius 3 is 2.92 bits per heavy atom. The maximum Gasteiger partial charge on any atom is 0.145 e. The zero-order valence-electron chi connectivity index (χ0n) is 7.86. The van der Waals surface area contributed by atoms with Gasteiger partial charge < -0.3 is 0 Å². The standard InChI is InChI=1S/C10H13NOS/c1-3-9(12)8(2)13-10-6-4-5-7-11-10/h4-8H,3H2,1-2H3. The first-order valence-electron chi connectivity index (χ1n) is 4.34. The molecular formula is C10H13NOS. The van der Waals surface area contributed by atoms with Gasteiger partial charge in [0, 0.05) is 12.6 Å². The van der Waals surface area contributed by atoms with E-state index >= 15 is 0 Å². The molecule has 1 aromatic heterocycles. The Balaban J connectivity index is 2.55. The Bertz CT molecular complexity index is 274. The van der Waals surface area contributed by atoms with Crippen LogP contribution in [0, 0.1) is 0 Å².